The summed E-state index contributed by atoms with van der Waals surface area (Å²) in [6.45, 7) is 18.1. The van der Waals surface area contributed by atoms with Gasteiger partial charge in [-0.05, 0) is 76.9 Å². The van der Waals surface area contributed by atoms with Crippen molar-refractivity contribution < 1.29 is 23.4 Å². The molecule has 1 aromatic carbocycles. The molecule has 1 unspecified atom stereocenters. The number of aromatic hydroxyl groups is 1. The van der Waals surface area contributed by atoms with Crippen LogP contribution in [0.5, 0.6) is 5.75 Å². The standard InChI is InChI=1S/C22H26F3N3O2.C5H10.C3H9N.C2H6/c1-4-5-6-17(26)10-21(30,22(23,24)25)13-20(2,3)18-9-15(7-8-19(18)29)16-11-27-14-28-12-16;1-4-5(2)3;1-3-4-2;1-2/h4-9,11-12,14,29-30H,10,13,26H2,1-3H3;4H,1-3H3;4H,3H2,1-2H3;1-2H3/b5-4+,17-6-;;;. The zero-order chi connectivity index (χ0) is 32.3. The minimum Gasteiger partial charge on any atom is -0.508 e. The van der Waals surface area contributed by atoms with Gasteiger partial charge in [0.15, 0.2) is 5.60 Å². The van der Waals surface area contributed by atoms with Crippen molar-refractivity contribution in [2.45, 2.75) is 92.3 Å². The van der Waals surface area contributed by atoms with Gasteiger partial charge in [0.25, 0.3) is 0 Å². The Morgan fingerprint density at radius 1 is 1.05 bits per heavy atom. The van der Waals surface area contributed by atoms with Crippen LogP contribution >= 0.6 is 0 Å². The first-order valence-corrected chi connectivity index (χ1v) is 13.8. The minimum atomic E-state index is -4.92. The maximum absolute atomic E-state index is 13.8. The average Bonchev–Trinajstić information content (AvgIpc) is 2.93. The Morgan fingerprint density at radius 2 is 1.56 bits per heavy atom. The second-order valence-electron chi connectivity index (χ2n) is 9.97. The first kappa shape index (κ1) is 40.0. The first-order valence-electron chi connectivity index (χ1n) is 13.8. The van der Waals surface area contributed by atoms with Crippen LogP contribution in [0.4, 0.5) is 13.2 Å². The Labute approximate surface area is 245 Å². The number of allylic oxidation sites excluding steroid dienone is 5. The highest BCUT2D eigenvalue weighted by Crippen LogP contribution is 2.46. The second kappa shape index (κ2) is 19.8. The van der Waals surface area contributed by atoms with Crippen molar-refractivity contribution in [1.29, 1.82) is 0 Å². The number of benzene rings is 1. The van der Waals surface area contributed by atoms with Crippen LogP contribution in [0.3, 0.4) is 0 Å². The van der Waals surface area contributed by atoms with Gasteiger partial charge in [0, 0.05) is 35.6 Å². The molecule has 0 bridgehead atoms. The van der Waals surface area contributed by atoms with E-state index in [-0.39, 0.29) is 17.0 Å². The normalized spacial score (nSPS) is 13.0. The molecule has 2 rings (SSSR count). The third-order valence-electron chi connectivity index (χ3n) is 5.81. The van der Waals surface area contributed by atoms with Crippen molar-refractivity contribution in [2.24, 2.45) is 5.73 Å². The number of nitrogens with zero attached hydrogens (tertiary/aromatic N) is 2. The molecular formula is C32H51F3N4O2. The molecule has 0 fully saturated rings. The molecule has 1 atom stereocenters. The maximum Gasteiger partial charge on any atom is 0.417 e. The van der Waals surface area contributed by atoms with Gasteiger partial charge >= 0.3 is 6.18 Å². The molecule has 0 aliphatic rings. The zero-order valence-corrected chi connectivity index (χ0v) is 26.4. The number of rotatable bonds is 8. The number of nitrogens with one attached hydrogen (secondary N) is 1. The summed E-state index contributed by atoms with van der Waals surface area (Å²) in [6.07, 6.45) is 4.65. The predicted molar refractivity (Wildman–Crippen MR) is 166 cm³/mol. The van der Waals surface area contributed by atoms with Crippen LogP contribution in [0.25, 0.3) is 11.1 Å². The van der Waals surface area contributed by atoms with Crippen LogP contribution < -0.4 is 11.1 Å². The van der Waals surface area contributed by atoms with Crippen molar-refractivity contribution >= 4 is 0 Å². The number of hydrogen-bond acceptors (Lipinski definition) is 6. The maximum atomic E-state index is 13.8. The zero-order valence-electron chi connectivity index (χ0n) is 26.4. The molecule has 0 aliphatic carbocycles. The molecule has 5 N–H and O–H groups in total. The molecule has 232 valence electrons. The summed E-state index contributed by atoms with van der Waals surface area (Å²) >= 11 is 0. The molecule has 6 nitrogen and oxygen atoms in total. The Kier molecular flexibility index (Phi) is 19.3. The third kappa shape index (κ3) is 14.9. The fraction of sp³-hybridized carbons (Fsp3) is 0.500. The Hall–Kier alpha value is -3.17. The van der Waals surface area contributed by atoms with E-state index in [1.54, 1.807) is 37.5 Å². The molecule has 0 saturated heterocycles. The molecule has 0 amide bonds. The van der Waals surface area contributed by atoms with Crippen LogP contribution in [-0.4, -0.2) is 45.6 Å². The second-order valence-corrected chi connectivity index (χ2v) is 9.97. The van der Waals surface area contributed by atoms with E-state index in [9.17, 15) is 23.4 Å². The molecule has 0 aliphatic heterocycles. The highest BCUT2D eigenvalue weighted by atomic mass is 19.4. The van der Waals surface area contributed by atoms with Crippen molar-refractivity contribution in [3.05, 3.63) is 78.1 Å². The number of hydrogen-bond donors (Lipinski definition) is 4. The van der Waals surface area contributed by atoms with Gasteiger partial charge in [0.05, 0.1) is 0 Å². The summed E-state index contributed by atoms with van der Waals surface area (Å²) in [7, 11) is 1.93. The average molecular weight is 581 g/mol. The van der Waals surface area contributed by atoms with Crippen molar-refractivity contribution in [1.82, 2.24) is 15.3 Å². The lowest BCUT2D eigenvalue weighted by Crippen LogP contribution is -2.50. The number of phenolic OH excluding ortho intramolecular Hbond substituents is 1. The van der Waals surface area contributed by atoms with E-state index in [0.29, 0.717) is 11.1 Å². The lowest BCUT2D eigenvalue weighted by atomic mass is 9.72. The molecule has 9 heteroatoms. The Balaban J connectivity index is 0. The fourth-order valence-electron chi connectivity index (χ4n) is 3.41. The van der Waals surface area contributed by atoms with Crippen molar-refractivity contribution in [3.63, 3.8) is 0 Å². The van der Waals surface area contributed by atoms with Crippen molar-refractivity contribution in [2.75, 3.05) is 13.6 Å². The molecule has 41 heavy (non-hydrogen) atoms. The molecule has 2 aromatic rings. The van der Waals surface area contributed by atoms with E-state index in [2.05, 4.69) is 42.1 Å². The molecule has 1 aromatic heterocycles. The number of nitrogens with two attached hydrogens (primary N) is 1. The van der Waals surface area contributed by atoms with Gasteiger partial charge in [-0.3, -0.25) is 0 Å². The number of aliphatic hydroxyl groups is 1. The van der Waals surface area contributed by atoms with E-state index < -0.39 is 30.0 Å². The highest BCUT2D eigenvalue weighted by Gasteiger charge is 2.56. The number of phenols is 1. The fourth-order valence-corrected chi connectivity index (χ4v) is 3.41. The van der Waals surface area contributed by atoms with Gasteiger partial charge in [0.1, 0.15) is 12.1 Å². The Morgan fingerprint density at radius 3 is 1.98 bits per heavy atom. The topological polar surface area (TPSA) is 104 Å². The smallest absolute Gasteiger partial charge is 0.417 e. The Bertz CT molecular complexity index is 1080. The van der Waals surface area contributed by atoms with Crippen LogP contribution in [0, 0.1) is 0 Å². The van der Waals surface area contributed by atoms with Crippen LogP contribution in [0.15, 0.2) is 72.5 Å². The summed E-state index contributed by atoms with van der Waals surface area (Å²) in [5.74, 6) is -0.164. The van der Waals surface area contributed by atoms with Gasteiger partial charge in [0.2, 0.25) is 0 Å². The minimum absolute atomic E-state index is 0.0943. The predicted octanol–water partition coefficient (Wildman–Crippen LogP) is 7.84. The summed E-state index contributed by atoms with van der Waals surface area (Å²) in [5.41, 5.74) is 4.25. The summed E-state index contributed by atoms with van der Waals surface area (Å²) in [4.78, 5) is 7.87. The summed E-state index contributed by atoms with van der Waals surface area (Å²) in [6, 6.07) is 4.62. The van der Waals surface area contributed by atoms with Gasteiger partial charge in [-0.25, -0.2) is 9.97 Å². The summed E-state index contributed by atoms with van der Waals surface area (Å²) in [5, 5.41) is 23.9. The van der Waals surface area contributed by atoms with Crippen LogP contribution in [-0.2, 0) is 5.41 Å². The number of alkyl halides is 3. The molecule has 1 heterocycles. The van der Waals surface area contributed by atoms with E-state index in [1.807, 2.05) is 27.8 Å². The van der Waals surface area contributed by atoms with E-state index in [4.69, 9.17) is 5.73 Å². The van der Waals surface area contributed by atoms with E-state index in [1.165, 1.54) is 44.0 Å². The number of aromatic nitrogens is 2. The number of halogens is 3. The van der Waals surface area contributed by atoms with E-state index >= 15 is 0 Å². The van der Waals surface area contributed by atoms with Crippen LogP contribution in [0.2, 0.25) is 0 Å². The molecule has 0 radical (unpaired) electrons. The van der Waals surface area contributed by atoms with Crippen molar-refractivity contribution in [3.8, 4) is 16.9 Å². The molecule has 0 spiro atoms. The lowest BCUT2D eigenvalue weighted by molar-refractivity contribution is -0.266. The first-order chi connectivity index (χ1) is 19.1. The van der Waals surface area contributed by atoms with Gasteiger partial charge in [-0.2, -0.15) is 13.2 Å². The summed E-state index contributed by atoms with van der Waals surface area (Å²) < 4.78 is 41.5. The monoisotopic (exact) mass is 580 g/mol. The lowest BCUT2D eigenvalue weighted by Gasteiger charge is -2.38. The van der Waals surface area contributed by atoms with Gasteiger partial charge < -0.3 is 21.3 Å². The highest BCUT2D eigenvalue weighted by molar-refractivity contribution is 5.64. The van der Waals surface area contributed by atoms with Crippen LogP contribution in [0.1, 0.15) is 80.7 Å². The van der Waals surface area contributed by atoms with Gasteiger partial charge in [-0.1, -0.05) is 64.5 Å². The molecule has 0 saturated carbocycles. The third-order valence-corrected chi connectivity index (χ3v) is 5.81. The quantitative estimate of drug-likeness (QED) is 0.187. The largest absolute Gasteiger partial charge is 0.508 e. The SMILES string of the molecule is C/C=C/C=C(\N)CC(O)(CC(C)(C)c1cc(-c2cncnc2)ccc1O)C(F)(F)F.CC.CC=C(C)C.CCNC. The van der Waals surface area contributed by atoms with E-state index in [0.717, 1.165) is 6.54 Å². The van der Waals surface area contributed by atoms with Gasteiger partial charge in [-0.15, -0.1) is 0 Å². The molecular weight excluding hydrogens is 529 g/mol.